The van der Waals surface area contributed by atoms with Gasteiger partial charge in [0, 0.05) is 24.2 Å². The third-order valence-corrected chi connectivity index (χ3v) is 2.54. The van der Waals surface area contributed by atoms with Crippen molar-refractivity contribution in [3.63, 3.8) is 0 Å². The van der Waals surface area contributed by atoms with E-state index in [1.165, 1.54) is 12.3 Å². The summed E-state index contributed by atoms with van der Waals surface area (Å²) in [5, 5.41) is 9.88. The van der Waals surface area contributed by atoms with Crippen LogP contribution in [-0.4, -0.2) is 15.1 Å². The molecule has 17 heavy (non-hydrogen) atoms. The summed E-state index contributed by atoms with van der Waals surface area (Å²) >= 11 is 0. The van der Waals surface area contributed by atoms with Crippen molar-refractivity contribution in [2.24, 2.45) is 0 Å². The lowest BCUT2D eigenvalue weighted by Crippen LogP contribution is -2.01. The summed E-state index contributed by atoms with van der Waals surface area (Å²) in [6.07, 6.45) is 6.60. The normalized spacial score (nSPS) is 12.4. The van der Waals surface area contributed by atoms with Crippen LogP contribution in [0.25, 0.3) is 0 Å². The Morgan fingerprint density at radius 3 is 2.82 bits per heavy atom. The van der Waals surface area contributed by atoms with Gasteiger partial charge in [0.15, 0.2) is 0 Å². The first-order valence-corrected chi connectivity index (χ1v) is 5.43. The second-order valence-electron chi connectivity index (χ2n) is 3.85. The molecule has 1 N–H and O–H groups in total. The van der Waals surface area contributed by atoms with E-state index in [-0.39, 0.29) is 0 Å². The van der Waals surface area contributed by atoms with E-state index in [9.17, 15) is 9.50 Å². The molecule has 1 atom stereocenters. The molecule has 0 spiro atoms. The van der Waals surface area contributed by atoms with Crippen molar-refractivity contribution in [3.05, 3.63) is 59.9 Å². The van der Waals surface area contributed by atoms with E-state index in [4.69, 9.17) is 0 Å². The van der Waals surface area contributed by atoms with Crippen molar-refractivity contribution in [3.8, 4) is 0 Å². The Hall–Kier alpha value is -1.81. The number of nitrogens with zero attached hydrogens (tertiary/aromatic N) is 2. The van der Waals surface area contributed by atoms with Crippen LogP contribution in [0.3, 0.4) is 0 Å². The maximum atomic E-state index is 12.9. The molecule has 0 aliphatic heterocycles. The molecule has 0 aliphatic rings. The predicted octanol–water partition coefficient (Wildman–Crippen LogP) is 2.28. The van der Waals surface area contributed by atoms with Gasteiger partial charge in [0.1, 0.15) is 5.82 Å². The summed E-state index contributed by atoms with van der Waals surface area (Å²) in [6.45, 7) is 0. The molecule has 88 valence electrons. The number of aliphatic hydroxyl groups excluding tert-OH is 1. The second kappa shape index (κ2) is 5.50. The fourth-order valence-electron chi connectivity index (χ4n) is 1.63. The summed E-state index contributed by atoms with van der Waals surface area (Å²) in [4.78, 5) is 7.71. The predicted molar refractivity (Wildman–Crippen MR) is 61.7 cm³/mol. The van der Waals surface area contributed by atoms with Crippen LogP contribution in [0, 0.1) is 5.82 Å². The van der Waals surface area contributed by atoms with E-state index in [0.29, 0.717) is 18.4 Å². The maximum Gasteiger partial charge on any atom is 0.141 e. The lowest BCUT2D eigenvalue weighted by atomic mass is 10.0. The average molecular weight is 232 g/mol. The van der Waals surface area contributed by atoms with E-state index >= 15 is 0 Å². The van der Waals surface area contributed by atoms with E-state index < -0.39 is 11.9 Å². The molecular weight excluding hydrogens is 219 g/mol. The van der Waals surface area contributed by atoms with Gasteiger partial charge in [0.25, 0.3) is 0 Å². The van der Waals surface area contributed by atoms with Crippen LogP contribution < -0.4 is 0 Å². The van der Waals surface area contributed by atoms with Crippen LogP contribution in [0.1, 0.15) is 23.7 Å². The van der Waals surface area contributed by atoms with Crippen LogP contribution in [0.5, 0.6) is 0 Å². The molecule has 2 aromatic heterocycles. The number of hydrogen-bond donors (Lipinski definition) is 1. The molecule has 0 aliphatic carbocycles. The molecule has 4 heteroatoms. The molecule has 0 saturated heterocycles. The largest absolute Gasteiger partial charge is 0.388 e. The fourth-order valence-corrected chi connectivity index (χ4v) is 1.63. The number of aryl methyl sites for hydroxylation is 1. The maximum absolute atomic E-state index is 12.9. The lowest BCUT2D eigenvalue weighted by molar-refractivity contribution is 0.167. The van der Waals surface area contributed by atoms with E-state index in [1.54, 1.807) is 12.4 Å². The third-order valence-electron chi connectivity index (χ3n) is 2.54. The number of hydrogen-bond acceptors (Lipinski definition) is 3. The second-order valence-corrected chi connectivity index (χ2v) is 3.85. The highest BCUT2D eigenvalue weighted by molar-refractivity contribution is 5.14. The third kappa shape index (κ3) is 3.32. The van der Waals surface area contributed by atoms with Crippen molar-refractivity contribution in [1.82, 2.24) is 9.97 Å². The molecule has 2 rings (SSSR count). The minimum absolute atomic E-state index is 0.428. The van der Waals surface area contributed by atoms with Crippen LogP contribution in [0.2, 0.25) is 0 Å². The van der Waals surface area contributed by atoms with Gasteiger partial charge in [0.2, 0.25) is 0 Å². The topological polar surface area (TPSA) is 46.0 Å². The SMILES string of the molecule is OC(CCc1cccnc1)c1cncc(F)c1. The number of pyridine rings is 2. The summed E-state index contributed by atoms with van der Waals surface area (Å²) in [7, 11) is 0. The Balaban J connectivity index is 1.96. The quantitative estimate of drug-likeness (QED) is 0.879. The van der Waals surface area contributed by atoms with Gasteiger partial charge in [-0.15, -0.1) is 0 Å². The Morgan fingerprint density at radius 2 is 2.12 bits per heavy atom. The molecule has 0 fully saturated rings. The molecule has 2 heterocycles. The highest BCUT2D eigenvalue weighted by atomic mass is 19.1. The van der Waals surface area contributed by atoms with E-state index in [2.05, 4.69) is 9.97 Å². The van der Waals surface area contributed by atoms with Gasteiger partial charge < -0.3 is 5.11 Å². The van der Waals surface area contributed by atoms with Gasteiger partial charge in [-0.1, -0.05) is 6.07 Å². The van der Waals surface area contributed by atoms with Gasteiger partial charge in [0.05, 0.1) is 12.3 Å². The Labute approximate surface area is 99.0 Å². The molecule has 1 unspecified atom stereocenters. The standard InChI is InChI=1S/C13H13FN2O/c14-12-6-11(8-16-9-12)13(17)4-3-10-2-1-5-15-7-10/h1-2,5-9,13,17H,3-4H2. The molecular formula is C13H13FN2O. The summed E-state index contributed by atoms with van der Waals surface area (Å²) < 4.78 is 12.9. The highest BCUT2D eigenvalue weighted by Gasteiger charge is 2.09. The van der Waals surface area contributed by atoms with Crippen molar-refractivity contribution in [1.29, 1.82) is 0 Å². The van der Waals surface area contributed by atoms with Crippen molar-refractivity contribution in [2.45, 2.75) is 18.9 Å². The zero-order valence-electron chi connectivity index (χ0n) is 9.25. The van der Waals surface area contributed by atoms with E-state index in [1.807, 2.05) is 12.1 Å². The molecule has 0 bridgehead atoms. The number of halogens is 1. The summed E-state index contributed by atoms with van der Waals surface area (Å²) in [5.74, 6) is -0.428. The van der Waals surface area contributed by atoms with Crippen molar-refractivity contribution < 1.29 is 9.50 Å². The fraction of sp³-hybridized carbons (Fsp3) is 0.231. The molecule has 0 saturated carbocycles. The minimum atomic E-state index is -0.696. The Morgan fingerprint density at radius 1 is 1.24 bits per heavy atom. The summed E-state index contributed by atoms with van der Waals surface area (Å²) in [6, 6.07) is 5.11. The Bertz CT molecular complexity index is 476. The zero-order chi connectivity index (χ0) is 12.1. The van der Waals surface area contributed by atoms with Gasteiger partial charge >= 0.3 is 0 Å². The van der Waals surface area contributed by atoms with Crippen LogP contribution in [-0.2, 0) is 6.42 Å². The molecule has 3 nitrogen and oxygen atoms in total. The molecule has 2 aromatic rings. The van der Waals surface area contributed by atoms with Crippen molar-refractivity contribution in [2.75, 3.05) is 0 Å². The van der Waals surface area contributed by atoms with Crippen LogP contribution >= 0.6 is 0 Å². The van der Waals surface area contributed by atoms with E-state index in [0.717, 1.165) is 11.8 Å². The van der Waals surface area contributed by atoms with Gasteiger partial charge in [-0.25, -0.2) is 4.39 Å². The first-order chi connectivity index (χ1) is 8.25. The lowest BCUT2D eigenvalue weighted by Gasteiger charge is -2.10. The Kier molecular flexibility index (Phi) is 3.77. The first-order valence-electron chi connectivity index (χ1n) is 5.43. The van der Waals surface area contributed by atoms with Crippen molar-refractivity contribution >= 4 is 0 Å². The first kappa shape index (κ1) is 11.7. The number of aromatic nitrogens is 2. The average Bonchev–Trinajstić information content (AvgIpc) is 2.37. The highest BCUT2D eigenvalue weighted by Crippen LogP contribution is 2.18. The molecule has 0 amide bonds. The monoisotopic (exact) mass is 232 g/mol. The zero-order valence-corrected chi connectivity index (χ0v) is 9.25. The van der Waals surface area contributed by atoms with Gasteiger partial charge in [-0.05, 0) is 30.5 Å². The number of rotatable bonds is 4. The number of aliphatic hydroxyl groups is 1. The van der Waals surface area contributed by atoms with Gasteiger partial charge in [-0.3, -0.25) is 9.97 Å². The minimum Gasteiger partial charge on any atom is -0.388 e. The van der Waals surface area contributed by atoms with Crippen LogP contribution in [0.15, 0.2) is 43.0 Å². The van der Waals surface area contributed by atoms with Gasteiger partial charge in [-0.2, -0.15) is 0 Å². The summed E-state index contributed by atoms with van der Waals surface area (Å²) in [5.41, 5.74) is 1.56. The smallest absolute Gasteiger partial charge is 0.141 e. The van der Waals surface area contributed by atoms with Crippen LogP contribution in [0.4, 0.5) is 4.39 Å². The molecule has 0 radical (unpaired) electrons. The molecule has 0 aromatic carbocycles.